The molecule has 212 valence electrons. The molecule has 8 heteroatoms. The minimum Gasteiger partial charge on any atom is -0.384 e. The van der Waals surface area contributed by atoms with Crippen LogP contribution in [0.2, 0.25) is 0 Å². The van der Waals surface area contributed by atoms with Crippen LogP contribution in [-0.4, -0.2) is 26.9 Å². The maximum Gasteiger partial charge on any atom is 0.358 e. The molecular weight excluding hydrogens is 518 g/mol. The molecule has 1 atom stereocenters. The highest BCUT2D eigenvalue weighted by molar-refractivity contribution is 5.64. The van der Waals surface area contributed by atoms with Gasteiger partial charge in [-0.15, -0.1) is 0 Å². The topological polar surface area (TPSA) is 18.5 Å². The number of aryl methyl sites for hydroxylation is 1. The van der Waals surface area contributed by atoms with E-state index in [0.29, 0.717) is 37.9 Å². The Morgan fingerprint density at radius 1 is 0.795 bits per heavy atom. The van der Waals surface area contributed by atoms with Crippen LogP contribution in [0.25, 0.3) is 11.1 Å². The van der Waals surface area contributed by atoms with Crippen molar-refractivity contribution in [3.05, 3.63) is 95.1 Å². The smallest absolute Gasteiger partial charge is 0.358 e. The molecule has 0 aliphatic heterocycles. The summed E-state index contributed by atoms with van der Waals surface area (Å²) in [7, 11) is 2.67. The van der Waals surface area contributed by atoms with Crippen LogP contribution < -0.4 is 0 Å². The maximum atomic E-state index is 15.0. The average molecular weight is 553 g/mol. The number of halogens is 6. The van der Waals surface area contributed by atoms with E-state index in [0.717, 1.165) is 48.4 Å². The van der Waals surface area contributed by atoms with Gasteiger partial charge in [-0.05, 0) is 79.8 Å². The molecule has 0 aromatic heterocycles. The van der Waals surface area contributed by atoms with Gasteiger partial charge in [-0.2, -0.15) is 8.78 Å². The van der Waals surface area contributed by atoms with Crippen molar-refractivity contribution in [3.8, 4) is 11.1 Å². The van der Waals surface area contributed by atoms with Crippen molar-refractivity contribution in [3.63, 3.8) is 0 Å². The summed E-state index contributed by atoms with van der Waals surface area (Å²) < 4.78 is 88.2. The first kappa shape index (κ1) is 30.7. The van der Waals surface area contributed by atoms with Crippen molar-refractivity contribution in [1.29, 1.82) is 0 Å². The zero-order valence-electron chi connectivity index (χ0n) is 22.3. The zero-order valence-corrected chi connectivity index (χ0v) is 22.3. The molecule has 1 aliphatic carbocycles. The van der Waals surface area contributed by atoms with Gasteiger partial charge < -0.3 is 9.47 Å². The van der Waals surface area contributed by atoms with Crippen LogP contribution in [0.4, 0.5) is 26.3 Å². The molecule has 0 saturated heterocycles. The fraction of sp³-hybridized carbons (Fsp3) is 0.419. The number of alkyl halides is 2. The SMILES string of the molecule is COCC(CC1CCC(C(F)(F)OC)CC1)c1ccc(-c2ccc(C)cc2)cc1F.Fc1cccc(F)c1F. The molecule has 3 aromatic rings. The molecule has 0 bridgehead atoms. The van der Waals surface area contributed by atoms with Crippen molar-refractivity contribution in [2.45, 2.75) is 51.1 Å². The Labute approximate surface area is 226 Å². The molecule has 0 N–H and O–H groups in total. The van der Waals surface area contributed by atoms with Crippen LogP contribution in [0.3, 0.4) is 0 Å². The molecule has 1 unspecified atom stereocenters. The Bertz CT molecular complexity index is 1170. The fourth-order valence-electron chi connectivity index (χ4n) is 5.05. The fourth-order valence-corrected chi connectivity index (χ4v) is 5.05. The van der Waals surface area contributed by atoms with E-state index in [1.165, 1.54) is 0 Å². The quantitative estimate of drug-likeness (QED) is 0.205. The van der Waals surface area contributed by atoms with E-state index in [9.17, 15) is 22.0 Å². The Balaban J connectivity index is 0.000000395. The first-order valence-corrected chi connectivity index (χ1v) is 12.9. The number of hydrogen-bond donors (Lipinski definition) is 0. The average Bonchev–Trinajstić information content (AvgIpc) is 2.92. The first-order chi connectivity index (χ1) is 18.6. The highest BCUT2D eigenvalue weighted by atomic mass is 19.3. The van der Waals surface area contributed by atoms with Gasteiger partial charge in [0.05, 0.1) is 12.5 Å². The molecule has 0 heterocycles. The first-order valence-electron chi connectivity index (χ1n) is 12.9. The summed E-state index contributed by atoms with van der Waals surface area (Å²) in [5.74, 6) is -4.51. The molecule has 1 saturated carbocycles. The molecule has 2 nitrogen and oxygen atoms in total. The van der Waals surface area contributed by atoms with Crippen LogP contribution in [0.1, 0.15) is 49.1 Å². The summed E-state index contributed by atoms with van der Waals surface area (Å²) in [5.41, 5.74) is 3.62. The van der Waals surface area contributed by atoms with E-state index in [2.05, 4.69) is 4.74 Å². The molecule has 0 amide bonds. The van der Waals surface area contributed by atoms with Crippen LogP contribution in [0.15, 0.2) is 60.7 Å². The van der Waals surface area contributed by atoms with Gasteiger partial charge in [-0.25, -0.2) is 17.6 Å². The van der Waals surface area contributed by atoms with Gasteiger partial charge in [0.1, 0.15) is 5.82 Å². The van der Waals surface area contributed by atoms with Crippen molar-refractivity contribution >= 4 is 0 Å². The van der Waals surface area contributed by atoms with Crippen molar-refractivity contribution in [1.82, 2.24) is 0 Å². The summed E-state index contributed by atoms with van der Waals surface area (Å²) in [6.07, 6.45) is -0.0609. The summed E-state index contributed by atoms with van der Waals surface area (Å²) in [6.45, 7) is 2.43. The van der Waals surface area contributed by atoms with Gasteiger partial charge in [-0.1, -0.05) is 48.0 Å². The minimum atomic E-state index is -3.06. The largest absolute Gasteiger partial charge is 0.384 e. The molecule has 1 fully saturated rings. The third-order valence-electron chi connectivity index (χ3n) is 7.31. The van der Waals surface area contributed by atoms with Crippen LogP contribution >= 0.6 is 0 Å². The lowest BCUT2D eigenvalue weighted by Crippen LogP contribution is -2.33. The van der Waals surface area contributed by atoms with Crippen LogP contribution in [-0.2, 0) is 9.47 Å². The maximum absolute atomic E-state index is 15.0. The Kier molecular flexibility index (Phi) is 11.0. The highest BCUT2D eigenvalue weighted by Crippen LogP contribution is 2.42. The molecule has 4 rings (SSSR count). The lowest BCUT2D eigenvalue weighted by atomic mass is 9.76. The van der Waals surface area contributed by atoms with E-state index in [1.807, 2.05) is 43.3 Å². The normalized spacial score (nSPS) is 18.3. The van der Waals surface area contributed by atoms with Crippen molar-refractivity contribution in [2.75, 3.05) is 20.8 Å². The summed E-state index contributed by atoms with van der Waals surface area (Å²) >= 11 is 0. The predicted octanol–water partition coefficient (Wildman–Crippen LogP) is 9.07. The summed E-state index contributed by atoms with van der Waals surface area (Å²) in [6, 6.07) is 16.2. The monoisotopic (exact) mass is 552 g/mol. The lowest BCUT2D eigenvalue weighted by Gasteiger charge is -2.34. The van der Waals surface area contributed by atoms with Gasteiger partial charge in [-0.3, -0.25) is 0 Å². The molecule has 1 aliphatic rings. The van der Waals surface area contributed by atoms with Crippen LogP contribution in [0.5, 0.6) is 0 Å². The molecule has 0 radical (unpaired) electrons. The van der Waals surface area contributed by atoms with Crippen molar-refractivity contribution in [2.24, 2.45) is 11.8 Å². The second-order valence-corrected chi connectivity index (χ2v) is 10.0. The van der Waals surface area contributed by atoms with E-state index < -0.39 is 29.5 Å². The Morgan fingerprint density at radius 3 is 1.90 bits per heavy atom. The van der Waals surface area contributed by atoms with E-state index in [-0.39, 0.29) is 17.7 Å². The lowest BCUT2D eigenvalue weighted by molar-refractivity contribution is -0.263. The second kappa shape index (κ2) is 14.0. The molecule has 3 aromatic carbocycles. The van der Waals surface area contributed by atoms with Gasteiger partial charge in [0.15, 0.2) is 17.5 Å². The summed E-state index contributed by atoms with van der Waals surface area (Å²) in [5, 5.41) is 0. The molecule has 0 spiro atoms. The van der Waals surface area contributed by atoms with Gasteiger partial charge in [0.25, 0.3) is 0 Å². The second-order valence-electron chi connectivity index (χ2n) is 10.0. The minimum absolute atomic E-state index is 0.0912. The van der Waals surface area contributed by atoms with Gasteiger partial charge in [0, 0.05) is 20.1 Å². The zero-order chi connectivity index (χ0) is 28.6. The van der Waals surface area contributed by atoms with Gasteiger partial charge in [0.2, 0.25) is 0 Å². The number of ether oxygens (including phenoxy) is 2. The number of methoxy groups -OCH3 is 2. The van der Waals surface area contributed by atoms with E-state index in [4.69, 9.17) is 4.74 Å². The van der Waals surface area contributed by atoms with Crippen LogP contribution in [0, 0.1) is 42.0 Å². The van der Waals surface area contributed by atoms with E-state index in [1.54, 1.807) is 13.2 Å². The molecule has 39 heavy (non-hydrogen) atoms. The molecular formula is C31H34F6O2. The number of hydrogen-bond acceptors (Lipinski definition) is 2. The standard InChI is InChI=1S/C25H31F3O2.C6H3F3/c1-17-4-8-19(9-5-17)20-10-13-23(24(26)15-20)21(16-29-2)14-18-6-11-22(12-7-18)25(27,28)30-3;7-4-2-1-3-5(8)6(4)9/h4-5,8-10,13,15,18,21-22H,6-7,11-12,14,16H2,1-3H3;1-3H. The highest BCUT2D eigenvalue weighted by Gasteiger charge is 2.42. The third-order valence-corrected chi connectivity index (χ3v) is 7.31. The number of benzene rings is 3. The Hall–Kier alpha value is -2.84. The number of rotatable bonds is 8. The van der Waals surface area contributed by atoms with Gasteiger partial charge >= 0.3 is 6.11 Å². The Morgan fingerprint density at radius 2 is 1.38 bits per heavy atom. The van der Waals surface area contributed by atoms with Crippen molar-refractivity contribution < 1.29 is 35.8 Å². The van der Waals surface area contributed by atoms with E-state index >= 15 is 4.39 Å². The predicted molar refractivity (Wildman–Crippen MR) is 140 cm³/mol. The summed E-state index contributed by atoms with van der Waals surface area (Å²) in [4.78, 5) is 0. The third kappa shape index (κ3) is 8.32.